The molecule has 2 heterocycles. The van der Waals surface area contributed by atoms with E-state index < -0.39 is 0 Å². The van der Waals surface area contributed by atoms with E-state index in [0.717, 1.165) is 37.3 Å². The van der Waals surface area contributed by atoms with Gasteiger partial charge in [0.2, 0.25) is 0 Å². The average molecular weight is 282 g/mol. The first-order valence-electron chi connectivity index (χ1n) is 6.72. The zero-order valence-electron chi connectivity index (χ0n) is 11.4. The van der Waals surface area contributed by atoms with Crippen molar-refractivity contribution in [1.29, 1.82) is 0 Å². The van der Waals surface area contributed by atoms with Gasteiger partial charge in [-0.05, 0) is 37.6 Å². The Kier molecular flexibility index (Phi) is 5.05. The molecule has 2 aromatic rings. The molecule has 1 unspecified atom stereocenters. The Balaban J connectivity index is 2.17. The Labute approximate surface area is 118 Å². The maximum atomic E-state index is 6.09. The van der Waals surface area contributed by atoms with Gasteiger partial charge in [0.1, 0.15) is 5.82 Å². The first kappa shape index (κ1) is 14.2. The van der Waals surface area contributed by atoms with Crippen LogP contribution in [0.4, 0.5) is 0 Å². The monoisotopic (exact) mass is 281 g/mol. The third-order valence-corrected chi connectivity index (χ3v) is 3.50. The number of aryl methyl sites for hydroxylation is 1. The molecule has 1 N–H and O–H groups in total. The van der Waals surface area contributed by atoms with E-state index in [1.54, 1.807) is 6.26 Å². The molecule has 0 aliphatic rings. The molecule has 0 fully saturated rings. The first-order valence-corrected chi connectivity index (χ1v) is 7.10. The molecule has 0 saturated heterocycles. The van der Waals surface area contributed by atoms with Gasteiger partial charge in [-0.25, -0.2) is 4.98 Å². The molecule has 5 heteroatoms. The highest BCUT2D eigenvalue weighted by Gasteiger charge is 2.18. The molecular formula is C14H20ClN3O. The van der Waals surface area contributed by atoms with Crippen molar-refractivity contribution < 1.29 is 4.42 Å². The number of hydrogen-bond acceptors (Lipinski definition) is 3. The fourth-order valence-corrected chi connectivity index (χ4v) is 2.41. The zero-order valence-corrected chi connectivity index (χ0v) is 12.2. The molecule has 0 saturated carbocycles. The molecule has 2 rings (SSSR count). The van der Waals surface area contributed by atoms with Gasteiger partial charge in [-0.15, -0.1) is 0 Å². The predicted molar refractivity (Wildman–Crippen MR) is 76.4 cm³/mol. The van der Waals surface area contributed by atoms with Crippen molar-refractivity contribution in [1.82, 2.24) is 14.9 Å². The van der Waals surface area contributed by atoms with Gasteiger partial charge < -0.3 is 14.3 Å². The van der Waals surface area contributed by atoms with Gasteiger partial charge in [-0.1, -0.05) is 6.92 Å². The molecule has 0 bridgehead atoms. The molecule has 0 aliphatic heterocycles. The van der Waals surface area contributed by atoms with Crippen LogP contribution in [0.5, 0.6) is 0 Å². The second-order valence-corrected chi connectivity index (χ2v) is 4.83. The Bertz CT molecular complexity index is 506. The highest BCUT2D eigenvalue weighted by atomic mass is 35.5. The largest absolute Gasteiger partial charge is 0.453 e. The van der Waals surface area contributed by atoms with Gasteiger partial charge >= 0.3 is 0 Å². The number of hydrogen-bond donors (Lipinski definition) is 1. The van der Waals surface area contributed by atoms with E-state index in [-0.39, 0.29) is 6.04 Å². The summed E-state index contributed by atoms with van der Waals surface area (Å²) in [4.78, 5) is 4.42. The maximum Gasteiger partial charge on any atom is 0.197 e. The lowest BCUT2D eigenvalue weighted by Gasteiger charge is -2.17. The molecule has 0 aliphatic carbocycles. The highest BCUT2D eigenvalue weighted by molar-refractivity contribution is 6.29. The first-order chi connectivity index (χ1) is 9.26. The van der Waals surface area contributed by atoms with Crippen molar-refractivity contribution in [2.75, 3.05) is 6.54 Å². The number of halogens is 1. The minimum absolute atomic E-state index is 0.138. The molecule has 104 valence electrons. The van der Waals surface area contributed by atoms with Gasteiger partial charge in [-0.2, -0.15) is 0 Å². The summed E-state index contributed by atoms with van der Waals surface area (Å²) in [5, 5.41) is 3.97. The maximum absolute atomic E-state index is 6.09. The molecule has 19 heavy (non-hydrogen) atoms. The molecule has 0 amide bonds. The second kappa shape index (κ2) is 6.78. The third kappa shape index (κ3) is 3.39. The predicted octanol–water partition coefficient (Wildman–Crippen LogP) is 3.43. The Hall–Kier alpha value is -1.26. The van der Waals surface area contributed by atoms with E-state index in [1.807, 2.05) is 18.5 Å². The van der Waals surface area contributed by atoms with E-state index in [0.29, 0.717) is 5.22 Å². The van der Waals surface area contributed by atoms with E-state index in [4.69, 9.17) is 16.0 Å². The molecular weight excluding hydrogens is 262 g/mol. The van der Waals surface area contributed by atoms with Crippen LogP contribution in [0.2, 0.25) is 5.22 Å². The van der Waals surface area contributed by atoms with E-state index in [9.17, 15) is 0 Å². The van der Waals surface area contributed by atoms with Crippen LogP contribution in [-0.4, -0.2) is 16.1 Å². The minimum Gasteiger partial charge on any atom is -0.453 e. The quantitative estimate of drug-likeness (QED) is 0.845. The van der Waals surface area contributed by atoms with Crippen molar-refractivity contribution in [2.45, 2.75) is 39.3 Å². The standard InChI is InChI=1S/C14H20ClN3O/c1-3-6-16-12(11-5-9-19-14(11)15)10-13-17-7-8-18(13)4-2/h5,7-9,12,16H,3-4,6,10H2,1-2H3. The summed E-state index contributed by atoms with van der Waals surface area (Å²) in [5.41, 5.74) is 1.00. The lowest BCUT2D eigenvalue weighted by Crippen LogP contribution is -2.25. The van der Waals surface area contributed by atoms with Crippen molar-refractivity contribution in [3.8, 4) is 0 Å². The summed E-state index contributed by atoms with van der Waals surface area (Å²) in [6.45, 7) is 6.13. The lowest BCUT2D eigenvalue weighted by molar-refractivity contribution is 0.496. The zero-order chi connectivity index (χ0) is 13.7. The topological polar surface area (TPSA) is 43.0 Å². The summed E-state index contributed by atoms with van der Waals surface area (Å²) in [5.74, 6) is 1.06. The van der Waals surface area contributed by atoms with Gasteiger partial charge in [0.15, 0.2) is 5.22 Å². The smallest absolute Gasteiger partial charge is 0.197 e. The van der Waals surface area contributed by atoms with Crippen LogP contribution in [0.1, 0.15) is 37.7 Å². The lowest BCUT2D eigenvalue weighted by atomic mass is 10.1. The van der Waals surface area contributed by atoms with Gasteiger partial charge in [0.25, 0.3) is 0 Å². The van der Waals surface area contributed by atoms with E-state index >= 15 is 0 Å². The SMILES string of the molecule is CCCNC(Cc1nccn1CC)c1ccoc1Cl. The van der Waals surface area contributed by atoms with Crippen LogP contribution in [0.15, 0.2) is 29.1 Å². The second-order valence-electron chi connectivity index (χ2n) is 4.49. The molecule has 4 nitrogen and oxygen atoms in total. The fourth-order valence-electron chi connectivity index (χ4n) is 2.16. The van der Waals surface area contributed by atoms with Crippen molar-refractivity contribution >= 4 is 11.6 Å². The average Bonchev–Trinajstić information content (AvgIpc) is 3.03. The van der Waals surface area contributed by atoms with Crippen molar-refractivity contribution in [3.63, 3.8) is 0 Å². The molecule has 1 atom stereocenters. The number of furan rings is 1. The van der Waals surface area contributed by atoms with Crippen LogP contribution in [0, 0.1) is 0 Å². The van der Waals surface area contributed by atoms with Gasteiger partial charge in [0, 0.05) is 37.0 Å². The number of rotatable bonds is 7. The van der Waals surface area contributed by atoms with Crippen LogP contribution in [-0.2, 0) is 13.0 Å². The van der Waals surface area contributed by atoms with Crippen LogP contribution < -0.4 is 5.32 Å². The Morgan fingerprint density at radius 2 is 2.32 bits per heavy atom. The van der Waals surface area contributed by atoms with E-state index in [1.165, 1.54) is 0 Å². The van der Waals surface area contributed by atoms with Crippen LogP contribution >= 0.6 is 11.6 Å². The summed E-state index contributed by atoms with van der Waals surface area (Å²) >= 11 is 6.09. The summed E-state index contributed by atoms with van der Waals surface area (Å²) < 4.78 is 7.35. The normalized spacial score (nSPS) is 12.8. The fraction of sp³-hybridized carbons (Fsp3) is 0.500. The van der Waals surface area contributed by atoms with Crippen molar-refractivity contribution in [3.05, 3.63) is 41.3 Å². The molecule has 0 spiro atoms. The summed E-state index contributed by atoms with van der Waals surface area (Å²) in [6.07, 6.45) is 7.36. The van der Waals surface area contributed by atoms with E-state index in [2.05, 4.69) is 28.7 Å². The Morgan fingerprint density at radius 3 is 2.95 bits per heavy atom. The number of aromatic nitrogens is 2. The van der Waals surface area contributed by atoms with Crippen LogP contribution in [0.25, 0.3) is 0 Å². The van der Waals surface area contributed by atoms with Gasteiger partial charge in [-0.3, -0.25) is 0 Å². The number of nitrogens with one attached hydrogen (secondary N) is 1. The highest BCUT2D eigenvalue weighted by Crippen LogP contribution is 2.26. The molecule has 0 aromatic carbocycles. The third-order valence-electron chi connectivity index (χ3n) is 3.19. The Morgan fingerprint density at radius 1 is 1.47 bits per heavy atom. The molecule has 0 radical (unpaired) electrons. The van der Waals surface area contributed by atoms with Crippen molar-refractivity contribution in [2.24, 2.45) is 0 Å². The van der Waals surface area contributed by atoms with Crippen LogP contribution in [0.3, 0.4) is 0 Å². The molecule has 2 aromatic heterocycles. The van der Waals surface area contributed by atoms with Gasteiger partial charge in [0.05, 0.1) is 6.26 Å². The number of nitrogens with zero attached hydrogens (tertiary/aromatic N) is 2. The summed E-state index contributed by atoms with van der Waals surface area (Å²) in [7, 11) is 0. The summed E-state index contributed by atoms with van der Waals surface area (Å²) in [6, 6.07) is 2.06. The minimum atomic E-state index is 0.138. The number of imidazole rings is 1.